The van der Waals surface area contributed by atoms with E-state index in [0.717, 1.165) is 38.8 Å². The second-order valence-electron chi connectivity index (χ2n) is 4.49. The summed E-state index contributed by atoms with van der Waals surface area (Å²) in [7, 11) is 0. The summed E-state index contributed by atoms with van der Waals surface area (Å²) in [6, 6.07) is 2.36. The summed E-state index contributed by atoms with van der Waals surface area (Å²) >= 11 is 0. The standard InChI is InChI=1S/C12H21N5/c1-3-7-15-12(2,9-13)6-4-5-8-17-11-14-10-16-17/h10-11,15H,3-8H2,1-2H3. The van der Waals surface area contributed by atoms with Crippen LogP contribution in [0.25, 0.3) is 0 Å². The lowest BCUT2D eigenvalue weighted by Crippen LogP contribution is -2.41. The molecule has 1 heterocycles. The van der Waals surface area contributed by atoms with Crippen LogP contribution < -0.4 is 5.32 Å². The van der Waals surface area contributed by atoms with Crippen molar-refractivity contribution < 1.29 is 0 Å². The number of unbranched alkanes of at least 4 members (excludes halogenated alkanes) is 1. The topological polar surface area (TPSA) is 66.5 Å². The van der Waals surface area contributed by atoms with Gasteiger partial charge in [0.15, 0.2) is 0 Å². The van der Waals surface area contributed by atoms with Crippen molar-refractivity contribution in [3.63, 3.8) is 0 Å². The van der Waals surface area contributed by atoms with E-state index in [-0.39, 0.29) is 0 Å². The molecule has 0 saturated carbocycles. The van der Waals surface area contributed by atoms with Gasteiger partial charge in [-0.1, -0.05) is 6.92 Å². The van der Waals surface area contributed by atoms with E-state index in [1.165, 1.54) is 0 Å². The molecule has 94 valence electrons. The fraction of sp³-hybridized carbons (Fsp3) is 0.750. The molecule has 1 unspecified atom stereocenters. The fourth-order valence-electron chi connectivity index (χ4n) is 1.69. The van der Waals surface area contributed by atoms with Crippen LogP contribution in [-0.2, 0) is 6.54 Å². The molecule has 0 fully saturated rings. The quantitative estimate of drug-likeness (QED) is 0.697. The molecule has 0 radical (unpaired) electrons. The SMILES string of the molecule is CCCNC(C)(C#N)CCCCn1cncn1. The number of rotatable bonds is 8. The predicted octanol–water partition coefficient (Wildman–Crippen LogP) is 1.73. The van der Waals surface area contributed by atoms with Crippen LogP contribution in [0.2, 0.25) is 0 Å². The van der Waals surface area contributed by atoms with E-state index in [0.29, 0.717) is 0 Å². The monoisotopic (exact) mass is 235 g/mol. The van der Waals surface area contributed by atoms with Crippen LogP contribution in [0.5, 0.6) is 0 Å². The lowest BCUT2D eigenvalue weighted by atomic mass is 9.96. The molecule has 1 N–H and O–H groups in total. The number of aromatic nitrogens is 3. The molecular formula is C12H21N5. The molecule has 0 aromatic carbocycles. The van der Waals surface area contributed by atoms with Gasteiger partial charge in [0.25, 0.3) is 0 Å². The maximum Gasteiger partial charge on any atom is 0.137 e. The zero-order valence-electron chi connectivity index (χ0n) is 10.7. The molecule has 1 atom stereocenters. The molecule has 0 aliphatic heterocycles. The van der Waals surface area contributed by atoms with Crippen LogP contribution in [0.1, 0.15) is 39.5 Å². The summed E-state index contributed by atoms with van der Waals surface area (Å²) < 4.78 is 1.82. The highest BCUT2D eigenvalue weighted by Crippen LogP contribution is 2.13. The Morgan fingerprint density at radius 1 is 1.47 bits per heavy atom. The van der Waals surface area contributed by atoms with E-state index < -0.39 is 5.54 Å². The van der Waals surface area contributed by atoms with Gasteiger partial charge in [-0.05, 0) is 39.2 Å². The Morgan fingerprint density at radius 2 is 2.29 bits per heavy atom. The molecule has 0 aliphatic carbocycles. The number of hydrogen-bond acceptors (Lipinski definition) is 4. The lowest BCUT2D eigenvalue weighted by molar-refractivity contribution is 0.393. The Labute approximate surface area is 103 Å². The van der Waals surface area contributed by atoms with E-state index in [9.17, 15) is 0 Å². The highest BCUT2D eigenvalue weighted by atomic mass is 15.3. The minimum atomic E-state index is -0.390. The van der Waals surface area contributed by atoms with Crippen LogP contribution in [0.3, 0.4) is 0 Å². The second-order valence-corrected chi connectivity index (χ2v) is 4.49. The average molecular weight is 235 g/mol. The van der Waals surface area contributed by atoms with Crippen molar-refractivity contribution in [3.05, 3.63) is 12.7 Å². The van der Waals surface area contributed by atoms with E-state index in [2.05, 4.69) is 28.4 Å². The molecule has 0 spiro atoms. The van der Waals surface area contributed by atoms with Gasteiger partial charge in [-0.25, -0.2) is 4.98 Å². The Hall–Kier alpha value is -1.41. The van der Waals surface area contributed by atoms with Gasteiger partial charge in [0.1, 0.15) is 18.2 Å². The number of nitrogens with one attached hydrogen (secondary N) is 1. The Morgan fingerprint density at radius 3 is 2.88 bits per heavy atom. The molecule has 1 rings (SSSR count). The second kappa shape index (κ2) is 7.02. The minimum absolute atomic E-state index is 0.390. The summed E-state index contributed by atoms with van der Waals surface area (Å²) in [5, 5.41) is 16.5. The lowest BCUT2D eigenvalue weighted by Gasteiger charge is -2.22. The van der Waals surface area contributed by atoms with Crippen molar-refractivity contribution in [2.75, 3.05) is 6.54 Å². The third kappa shape index (κ3) is 4.96. The zero-order chi connectivity index (χ0) is 12.6. The molecule has 0 amide bonds. The van der Waals surface area contributed by atoms with Crippen LogP contribution in [0, 0.1) is 11.3 Å². The Kier molecular flexibility index (Phi) is 5.64. The molecule has 1 aromatic rings. The highest BCUT2D eigenvalue weighted by Gasteiger charge is 2.21. The summed E-state index contributed by atoms with van der Waals surface area (Å²) in [4.78, 5) is 3.89. The normalized spacial score (nSPS) is 14.2. The van der Waals surface area contributed by atoms with Crippen molar-refractivity contribution in [3.8, 4) is 6.07 Å². The van der Waals surface area contributed by atoms with Crippen molar-refractivity contribution >= 4 is 0 Å². The van der Waals surface area contributed by atoms with Gasteiger partial charge in [-0.3, -0.25) is 10.00 Å². The van der Waals surface area contributed by atoms with Gasteiger partial charge in [-0.15, -0.1) is 0 Å². The zero-order valence-corrected chi connectivity index (χ0v) is 10.7. The van der Waals surface area contributed by atoms with Gasteiger partial charge in [0.2, 0.25) is 0 Å². The van der Waals surface area contributed by atoms with Gasteiger partial charge >= 0.3 is 0 Å². The van der Waals surface area contributed by atoms with Crippen molar-refractivity contribution in [2.24, 2.45) is 0 Å². The molecule has 17 heavy (non-hydrogen) atoms. The van der Waals surface area contributed by atoms with E-state index in [1.807, 2.05) is 11.6 Å². The van der Waals surface area contributed by atoms with Crippen molar-refractivity contribution in [1.82, 2.24) is 20.1 Å². The third-order valence-corrected chi connectivity index (χ3v) is 2.79. The maximum absolute atomic E-state index is 9.16. The van der Waals surface area contributed by atoms with Gasteiger partial charge in [0.05, 0.1) is 6.07 Å². The van der Waals surface area contributed by atoms with Crippen LogP contribution >= 0.6 is 0 Å². The van der Waals surface area contributed by atoms with Crippen molar-refractivity contribution in [2.45, 2.75) is 51.6 Å². The van der Waals surface area contributed by atoms with Crippen LogP contribution in [-0.4, -0.2) is 26.8 Å². The van der Waals surface area contributed by atoms with Crippen molar-refractivity contribution in [1.29, 1.82) is 5.26 Å². The number of aryl methyl sites for hydroxylation is 1. The Bertz CT molecular complexity index is 340. The molecule has 0 aliphatic rings. The average Bonchev–Trinajstić information content (AvgIpc) is 2.85. The summed E-state index contributed by atoms with van der Waals surface area (Å²) in [6.07, 6.45) is 7.23. The summed E-state index contributed by atoms with van der Waals surface area (Å²) in [5.74, 6) is 0. The highest BCUT2D eigenvalue weighted by molar-refractivity contribution is 5.03. The molecule has 0 saturated heterocycles. The maximum atomic E-state index is 9.16. The Balaban J connectivity index is 2.21. The first-order valence-corrected chi connectivity index (χ1v) is 6.19. The summed E-state index contributed by atoms with van der Waals surface area (Å²) in [5.41, 5.74) is -0.390. The van der Waals surface area contributed by atoms with E-state index >= 15 is 0 Å². The molecule has 5 nitrogen and oxygen atoms in total. The number of nitriles is 1. The van der Waals surface area contributed by atoms with E-state index in [1.54, 1.807) is 12.7 Å². The smallest absolute Gasteiger partial charge is 0.137 e. The molecule has 5 heteroatoms. The molecular weight excluding hydrogens is 214 g/mol. The van der Waals surface area contributed by atoms with Gasteiger partial charge in [-0.2, -0.15) is 10.4 Å². The third-order valence-electron chi connectivity index (χ3n) is 2.79. The summed E-state index contributed by atoms with van der Waals surface area (Å²) in [6.45, 7) is 5.84. The van der Waals surface area contributed by atoms with Crippen LogP contribution in [0.15, 0.2) is 12.7 Å². The largest absolute Gasteiger partial charge is 0.300 e. The molecule has 0 bridgehead atoms. The molecule has 1 aromatic heterocycles. The number of nitrogens with zero attached hydrogens (tertiary/aromatic N) is 4. The van der Waals surface area contributed by atoms with Gasteiger partial charge < -0.3 is 0 Å². The first kappa shape index (κ1) is 13.7. The first-order chi connectivity index (χ1) is 8.20. The van der Waals surface area contributed by atoms with Crippen LogP contribution in [0.4, 0.5) is 0 Å². The first-order valence-electron chi connectivity index (χ1n) is 6.19. The minimum Gasteiger partial charge on any atom is -0.300 e. The van der Waals surface area contributed by atoms with E-state index in [4.69, 9.17) is 5.26 Å². The fourth-order valence-corrected chi connectivity index (χ4v) is 1.69. The number of hydrogen-bond donors (Lipinski definition) is 1. The predicted molar refractivity (Wildman–Crippen MR) is 66.2 cm³/mol. The van der Waals surface area contributed by atoms with Gasteiger partial charge in [0, 0.05) is 6.54 Å².